The Hall–Kier alpha value is -3.87. The summed E-state index contributed by atoms with van der Waals surface area (Å²) in [6, 6.07) is 15.3. The maximum Gasteiger partial charge on any atom is 0.251 e. The molecule has 0 saturated heterocycles. The molecule has 0 aliphatic rings. The van der Waals surface area contributed by atoms with E-state index in [0.29, 0.717) is 30.0 Å². The molecule has 0 spiro atoms. The smallest absolute Gasteiger partial charge is 0.251 e. The molecule has 0 atom stereocenters. The van der Waals surface area contributed by atoms with Gasteiger partial charge in [0.1, 0.15) is 11.3 Å². The highest BCUT2D eigenvalue weighted by Gasteiger charge is 2.15. The summed E-state index contributed by atoms with van der Waals surface area (Å²) in [7, 11) is 3.22. The van der Waals surface area contributed by atoms with E-state index in [9.17, 15) is 4.79 Å². The van der Waals surface area contributed by atoms with Crippen LogP contribution in [0.1, 0.15) is 27.3 Å². The Bertz CT molecular complexity index is 1280. The van der Waals surface area contributed by atoms with Crippen LogP contribution in [0.4, 0.5) is 0 Å². The molecule has 4 rings (SSSR count). The van der Waals surface area contributed by atoms with E-state index in [1.165, 1.54) is 0 Å². The zero-order chi connectivity index (χ0) is 22.7. The zero-order valence-corrected chi connectivity index (χ0v) is 18.7. The molecule has 0 bridgehead atoms. The van der Waals surface area contributed by atoms with Crippen LogP contribution in [0.5, 0.6) is 11.5 Å². The molecule has 0 unspecified atom stereocenters. The topological polar surface area (TPSA) is 78.3 Å². The minimum atomic E-state index is -0.123. The minimum Gasteiger partial charge on any atom is -0.493 e. The van der Waals surface area contributed by atoms with Crippen molar-refractivity contribution in [1.82, 2.24) is 19.9 Å². The molecule has 4 aromatic rings. The molecule has 0 aliphatic heterocycles. The normalized spacial score (nSPS) is 10.9. The van der Waals surface area contributed by atoms with Crippen molar-refractivity contribution in [2.45, 2.75) is 20.3 Å². The number of pyridine rings is 1. The van der Waals surface area contributed by atoms with Crippen molar-refractivity contribution in [3.63, 3.8) is 0 Å². The largest absolute Gasteiger partial charge is 0.493 e. The van der Waals surface area contributed by atoms with Crippen molar-refractivity contribution in [3.05, 3.63) is 77.2 Å². The lowest BCUT2D eigenvalue weighted by Crippen LogP contribution is -2.26. The quantitative estimate of drug-likeness (QED) is 0.479. The number of rotatable bonds is 7. The number of amides is 1. The summed E-state index contributed by atoms with van der Waals surface area (Å²) in [5, 5.41) is 3.01. The highest BCUT2D eigenvalue weighted by Crippen LogP contribution is 2.27. The van der Waals surface area contributed by atoms with Crippen LogP contribution < -0.4 is 14.8 Å². The zero-order valence-electron chi connectivity index (χ0n) is 18.7. The van der Waals surface area contributed by atoms with Crippen molar-refractivity contribution in [1.29, 1.82) is 0 Å². The van der Waals surface area contributed by atoms with Gasteiger partial charge >= 0.3 is 0 Å². The first-order valence-electron chi connectivity index (χ1n) is 10.4. The van der Waals surface area contributed by atoms with Gasteiger partial charge in [0.2, 0.25) is 0 Å². The van der Waals surface area contributed by atoms with Crippen molar-refractivity contribution in [2.75, 3.05) is 20.8 Å². The molecule has 0 fully saturated rings. The van der Waals surface area contributed by atoms with Gasteiger partial charge in [-0.25, -0.2) is 9.97 Å². The number of nitrogens with one attached hydrogen (secondary N) is 1. The Morgan fingerprint density at radius 2 is 1.84 bits per heavy atom. The van der Waals surface area contributed by atoms with Gasteiger partial charge in [0.05, 0.1) is 19.9 Å². The summed E-state index contributed by atoms with van der Waals surface area (Å²) >= 11 is 0. The van der Waals surface area contributed by atoms with Gasteiger partial charge in [0, 0.05) is 18.3 Å². The van der Waals surface area contributed by atoms with Gasteiger partial charge in [-0.15, -0.1) is 0 Å². The van der Waals surface area contributed by atoms with E-state index < -0.39 is 0 Å². The van der Waals surface area contributed by atoms with Gasteiger partial charge in [0.25, 0.3) is 5.91 Å². The average Bonchev–Trinajstić information content (AvgIpc) is 3.14. The highest BCUT2D eigenvalue weighted by atomic mass is 16.5. The summed E-state index contributed by atoms with van der Waals surface area (Å²) in [6.45, 7) is 4.46. The van der Waals surface area contributed by atoms with Crippen LogP contribution in [0.25, 0.3) is 16.9 Å². The monoisotopic (exact) mass is 430 g/mol. The number of carbonyl (C=O) groups is 1. The van der Waals surface area contributed by atoms with Gasteiger partial charge < -0.3 is 14.8 Å². The highest BCUT2D eigenvalue weighted by molar-refractivity contribution is 5.95. The number of ether oxygens (including phenoxy) is 2. The van der Waals surface area contributed by atoms with E-state index in [1.54, 1.807) is 20.4 Å². The molecule has 1 N–H and O–H groups in total. The van der Waals surface area contributed by atoms with E-state index >= 15 is 0 Å². The first-order chi connectivity index (χ1) is 15.5. The van der Waals surface area contributed by atoms with Gasteiger partial charge in [-0.1, -0.05) is 12.1 Å². The van der Waals surface area contributed by atoms with E-state index in [-0.39, 0.29) is 5.91 Å². The molecule has 2 aromatic heterocycles. The summed E-state index contributed by atoms with van der Waals surface area (Å²) in [5.74, 6) is 2.06. The Kier molecular flexibility index (Phi) is 6.07. The van der Waals surface area contributed by atoms with Gasteiger partial charge in [-0.05, 0) is 67.8 Å². The third-order valence-electron chi connectivity index (χ3n) is 5.44. The van der Waals surface area contributed by atoms with Crippen molar-refractivity contribution in [3.8, 4) is 17.2 Å². The summed E-state index contributed by atoms with van der Waals surface area (Å²) < 4.78 is 12.6. The van der Waals surface area contributed by atoms with Crippen LogP contribution in [0, 0.1) is 13.8 Å². The fourth-order valence-electron chi connectivity index (χ4n) is 3.76. The van der Waals surface area contributed by atoms with Crippen molar-refractivity contribution >= 4 is 17.1 Å². The average molecular weight is 431 g/mol. The molecule has 0 radical (unpaired) electrons. The standard InChI is InChI=1S/C25H26N4O3/c1-16-7-9-19(15-21(16)29-17(2)28-20-6-5-12-26-24(20)29)25(30)27-13-11-18-8-10-22(31-3)23(14-18)32-4/h5-10,12,14-15H,11,13H2,1-4H3,(H,27,30). The molecule has 0 aliphatic carbocycles. The van der Waals surface area contributed by atoms with Crippen LogP contribution in [-0.2, 0) is 6.42 Å². The number of nitrogens with zero attached hydrogens (tertiary/aromatic N) is 3. The molecule has 0 saturated carbocycles. The number of imidazole rings is 1. The number of methoxy groups -OCH3 is 2. The lowest BCUT2D eigenvalue weighted by Gasteiger charge is -2.13. The lowest BCUT2D eigenvalue weighted by molar-refractivity contribution is 0.0954. The number of hydrogen-bond acceptors (Lipinski definition) is 5. The van der Waals surface area contributed by atoms with E-state index in [0.717, 1.165) is 33.8 Å². The number of carbonyl (C=O) groups excluding carboxylic acids is 1. The third-order valence-corrected chi connectivity index (χ3v) is 5.44. The minimum absolute atomic E-state index is 0.123. The summed E-state index contributed by atoms with van der Waals surface area (Å²) in [5.41, 5.74) is 5.19. The van der Waals surface area contributed by atoms with Crippen molar-refractivity contribution < 1.29 is 14.3 Å². The Morgan fingerprint density at radius 1 is 1.03 bits per heavy atom. The SMILES string of the molecule is COc1ccc(CCNC(=O)c2ccc(C)c(-n3c(C)nc4cccnc43)c2)cc1OC. The first-order valence-corrected chi connectivity index (χ1v) is 10.4. The van der Waals surface area contributed by atoms with E-state index in [4.69, 9.17) is 9.47 Å². The number of hydrogen-bond donors (Lipinski definition) is 1. The number of benzene rings is 2. The van der Waals surface area contributed by atoms with Crippen LogP contribution in [0.2, 0.25) is 0 Å². The number of aryl methyl sites for hydroxylation is 2. The molecular weight excluding hydrogens is 404 g/mol. The first kappa shape index (κ1) is 21.4. The van der Waals surface area contributed by atoms with E-state index in [2.05, 4.69) is 15.3 Å². The van der Waals surface area contributed by atoms with Crippen LogP contribution >= 0.6 is 0 Å². The number of aromatic nitrogens is 3. The predicted molar refractivity (Wildman–Crippen MR) is 124 cm³/mol. The molecule has 7 nitrogen and oxygen atoms in total. The second-order valence-corrected chi connectivity index (χ2v) is 7.54. The van der Waals surface area contributed by atoms with Gasteiger partial charge in [-0.2, -0.15) is 0 Å². The maximum absolute atomic E-state index is 12.8. The molecule has 2 aromatic carbocycles. The van der Waals surface area contributed by atoms with Crippen LogP contribution in [-0.4, -0.2) is 41.2 Å². The Labute approximate surface area is 187 Å². The van der Waals surface area contributed by atoms with E-state index in [1.807, 2.05) is 66.9 Å². The maximum atomic E-state index is 12.8. The number of fused-ring (bicyclic) bond motifs is 1. The van der Waals surface area contributed by atoms with Gasteiger partial charge in [-0.3, -0.25) is 9.36 Å². The molecule has 2 heterocycles. The predicted octanol–water partition coefficient (Wildman–Crippen LogP) is 4.03. The summed E-state index contributed by atoms with van der Waals surface area (Å²) in [6.07, 6.45) is 2.43. The third kappa shape index (κ3) is 4.14. The molecule has 7 heteroatoms. The Morgan fingerprint density at radius 3 is 2.62 bits per heavy atom. The second-order valence-electron chi connectivity index (χ2n) is 7.54. The molecule has 32 heavy (non-hydrogen) atoms. The molecule has 1 amide bonds. The van der Waals surface area contributed by atoms with Crippen LogP contribution in [0.3, 0.4) is 0 Å². The van der Waals surface area contributed by atoms with Crippen molar-refractivity contribution in [2.24, 2.45) is 0 Å². The van der Waals surface area contributed by atoms with Crippen LogP contribution in [0.15, 0.2) is 54.7 Å². The van der Waals surface area contributed by atoms with Gasteiger partial charge in [0.15, 0.2) is 17.1 Å². The Balaban J connectivity index is 1.51. The second kappa shape index (κ2) is 9.09. The molecular formula is C25H26N4O3. The fourth-order valence-corrected chi connectivity index (χ4v) is 3.76. The lowest BCUT2D eigenvalue weighted by atomic mass is 10.1. The fraction of sp³-hybridized carbons (Fsp3) is 0.240. The molecule has 164 valence electrons. The summed E-state index contributed by atoms with van der Waals surface area (Å²) in [4.78, 5) is 21.9.